The third-order valence-electron chi connectivity index (χ3n) is 5.52. The second-order valence-electron chi connectivity index (χ2n) is 7.94. The predicted molar refractivity (Wildman–Crippen MR) is 132 cm³/mol. The molecule has 3 N–H and O–H groups in total. The molecule has 0 aliphatic heterocycles. The highest BCUT2D eigenvalue weighted by molar-refractivity contribution is 5.91. The van der Waals surface area contributed by atoms with E-state index in [0.717, 1.165) is 35.3 Å². The lowest BCUT2D eigenvalue weighted by Crippen LogP contribution is -2.22. The number of aromatic nitrogens is 1. The van der Waals surface area contributed by atoms with Crippen molar-refractivity contribution in [1.29, 1.82) is 0 Å². The molecule has 0 unspecified atom stereocenters. The molecule has 0 atom stereocenters. The van der Waals surface area contributed by atoms with Crippen LogP contribution in [0.5, 0.6) is 11.5 Å². The number of hydrogen-bond donors (Lipinski definition) is 3. The van der Waals surface area contributed by atoms with E-state index in [4.69, 9.17) is 9.47 Å². The van der Waals surface area contributed by atoms with Crippen LogP contribution in [-0.2, 0) is 17.8 Å². The molecule has 0 aliphatic carbocycles. The number of methoxy groups -OCH3 is 1. The van der Waals surface area contributed by atoms with E-state index in [9.17, 15) is 4.79 Å². The molecule has 1 amide bonds. The summed E-state index contributed by atoms with van der Waals surface area (Å²) in [5, 5.41) is 7.59. The lowest BCUT2D eigenvalue weighted by Gasteiger charge is -2.15. The number of aryl methyl sites for hydroxylation is 1. The Hall–Kier alpha value is -3.77. The van der Waals surface area contributed by atoms with E-state index >= 15 is 0 Å². The number of amides is 1. The summed E-state index contributed by atoms with van der Waals surface area (Å²) in [6, 6.07) is 21.7. The van der Waals surface area contributed by atoms with Gasteiger partial charge in [-0.05, 0) is 49.7 Å². The van der Waals surface area contributed by atoms with Gasteiger partial charge in [0, 0.05) is 34.9 Å². The number of carbonyl (C=O) groups excluding carboxylic acids is 1. The maximum Gasteiger partial charge on any atom is 0.262 e. The van der Waals surface area contributed by atoms with Crippen molar-refractivity contribution in [3.63, 3.8) is 0 Å². The molecular weight excluding hydrogens is 414 g/mol. The van der Waals surface area contributed by atoms with Crippen molar-refractivity contribution in [1.82, 2.24) is 10.3 Å². The zero-order valence-electron chi connectivity index (χ0n) is 19.0. The van der Waals surface area contributed by atoms with E-state index in [1.807, 2.05) is 55.5 Å². The van der Waals surface area contributed by atoms with Crippen molar-refractivity contribution in [3.05, 3.63) is 89.6 Å². The molecule has 3 aromatic carbocycles. The Morgan fingerprint density at radius 1 is 0.970 bits per heavy atom. The van der Waals surface area contributed by atoms with Crippen LogP contribution in [0.15, 0.2) is 72.9 Å². The Bertz CT molecular complexity index is 1220. The van der Waals surface area contributed by atoms with Crippen LogP contribution in [0.25, 0.3) is 10.9 Å². The van der Waals surface area contributed by atoms with Crippen molar-refractivity contribution in [3.8, 4) is 11.5 Å². The molecule has 4 aromatic rings. The minimum atomic E-state index is -0.219. The number of aromatic amines is 1. The quantitative estimate of drug-likeness (QED) is 0.307. The SMILES string of the molecule is COc1cccc(CNCCc2c[nH]c3ccccc23)c1OCC(=O)Nc1ccc(C)cc1. The average Bonchev–Trinajstić information content (AvgIpc) is 3.25. The number of para-hydroxylation sites is 2. The molecule has 0 radical (unpaired) electrons. The van der Waals surface area contributed by atoms with Crippen molar-refractivity contribution in [2.75, 3.05) is 25.6 Å². The summed E-state index contributed by atoms with van der Waals surface area (Å²) in [5.74, 6) is 0.968. The number of benzene rings is 3. The molecule has 0 spiro atoms. The van der Waals surface area contributed by atoms with Gasteiger partial charge in [0.25, 0.3) is 5.91 Å². The van der Waals surface area contributed by atoms with Gasteiger partial charge in [0.05, 0.1) is 7.11 Å². The van der Waals surface area contributed by atoms with Crippen molar-refractivity contribution in [2.45, 2.75) is 19.9 Å². The van der Waals surface area contributed by atoms with E-state index in [0.29, 0.717) is 18.0 Å². The molecule has 33 heavy (non-hydrogen) atoms. The topological polar surface area (TPSA) is 75.4 Å². The standard InChI is InChI=1S/C27H29N3O3/c1-19-10-12-22(13-11-19)30-26(31)18-33-27-21(6-5-9-25(27)32-2)16-28-15-14-20-17-29-24-8-4-3-7-23(20)24/h3-13,17,28-29H,14-16,18H2,1-2H3,(H,30,31). The Morgan fingerprint density at radius 2 is 1.79 bits per heavy atom. The summed E-state index contributed by atoms with van der Waals surface area (Å²) in [6.07, 6.45) is 2.97. The minimum absolute atomic E-state index is 0.101. The second-order valence-corrected chi connectivity index (χ2v) is 7.94. The van der Waals surface area contributed by atoms with Gasteiger partial charge >= 0.3 is 0 Å². The largest absolute Gasteiger partial charge is 0.493 e. The molecular formula is C27H29N3O3. The van der Waals surface area contributed by atoms with Gasteiger partial charge in [-0.3, -0.25) is 4.79 Å². The van der Waals surface area contributed by atoms with E-state index in [1.165, 1.54) is 10.9 Å². The van der Waals surface area contributed by atoms with Crippen LogP contribution in [0.2, 0.25) is 0 Å². The van der Waals surface area contributed by atoms with Crippen LogP contribution in [0, 0.1) is 6.92 Å². The first-order valence-corrected chi connectivity index (χ1v) is 11.0. The molecule has 6 heteroatoms. The van der Waals surface area contributed by atoms with Gasteiger partial charge in [0.2, 0.25) is 0 Å². The fourth-order valence-corrected chi connectivity index (χ4v) is 3.78. The number of fused-ring (bicyclic) bond motifs is 1. The van der Waals surface area contributed by atoms with Gasteiger partial charge in [-0.1, -0.05) is 48.0 Å². The van der Waals surface area contributed by atoms with Gasteiger partial charge in [0.1, 0.15) is 0 Å². The van der Waals surface area contributed by atoms with Gasteiger partial charge < -0.3 is 25.1 Å². The summed E-state index contributed by atoms with van der Waals surface area (Å²) in [7, 11) is 1.60. The number of rotatable bonds is 10. The lowest BCUT2D eigenvalue weighted by atomic mass is 10.1. The molecule has 0 bridgehead atoms. The minimum Gasteiger partial charge on any atom is -0.493 e. The zero-order valence-corrected chi connectivity index (χ0v) is 19.0. The van der Waals surface area contributed by atoms with Crippen LogP contribution in [0.1, 0.15) is 16.7 Å². The normalized spacial score (nSPS) is 10.8. The second kappa shape index (κ2) is 10.7. The van der Waals surface area contributed by atoms with Crippen molar-refractivity contribution < 1.29 is 14.3 Å². The summed E-state index contributed by atoms with van der Waals surface area (Å²) in [4.78, 5) is 15.7. The fraction of sp³-hybridized carbons (Fsp3) is 0.222. The Labute approximate surface area is 193 Å². The highest BCUT2D eigenvalue weighted by atomic mass is 16.5. The van der Waals surface area contributed by atoms with Crippen LogP contribution in [-0.4, -0.2) is 31.2 Å². The third kappa shape index (κ3) is 5.73. The molecule has 0 saturated heterocycles. The maximum atomic E-state index is 12.4. The first-order valence-electron chi connectivity index (χ1n) is 11.0. The number of nitrogens with one attached hydrogen (secondary N) is 3. The Balaban J connectivity index is 1.34. The van der Waals surface area contributed by atoms with Crippen molar-refractivity contribution in [2.24, 2.45) is 0 Å². The number of H-pyrrole nitrogens is 1. The van der Waals surface area contributed by atoms with Crippen LogP contribution in [0.4, 0.5) is 5.69 Å². The Kier molecular flexibility index (Phi) is 7.27. The molecule has 0 saturated carbocycles. The lowest BCUT2D eigenvalue weighted by molar-refractivity contribution is -0.118. The first kappa shape index (κ1) is 22.4. The average molecular weight is 444 g/mol. The maximum absolute atomic E-state index is 12.4. The highest BCUT2D eigenvalue weighted by Crippen LogP contribution is 2.31. The number of hydrogen-bond acceptors (Lipinski definition) is 4. The van der Waals surface area contributed by atoms with Crippen LogP contribution < -0.4 is 20.1 Å². The first-order chi connectivity index (χ1) is 16.1. The van der Waals surface area contributed by atoms with Crippen molar-refractivity contribution >= 4 is 22.5 Å². The number of anilines is 1. The molecule has 6 nitrogen and oxygen atoms in total. The molecule has 0 aliphatic rings. The van der Waals surface area contributed by atoms with E-state index in [2.05, 4.69) is 40.0 Å². The fourth-order valence-electron chi connectivity index (χ4n) is 3.78. The van der Waals surface area contributed by atoms with Crippen LogP contribution in [0.3, 0.4) is 0 Å². The highest BCUT2D eigenvalue weighted by Gasteiger charge is 2.13. The summed E-state index contributed by atoms with van der Waals surface area (Å²) < 4.78 is 11.4. The van der Waals surface area contributed by atoms with E-state index < -0.39 is 0 Å². The van der Waals surface area contributed by atoms with Gasteiger partial charge in [-0.15, -0.1) is 0 Å². The summed E-state index contributed by atoms with van der Waals surface area (Å²) >= 11 is 0. The molecule has 170 valence electrons. The van der Waals surface area contributed by atoms with Gasteiger partial charge in [-0.25, -0.2) is 0 Å². The monoisotopic (exact) mass is 443 g/mol. The van der Waals surface area contributed by atoms with E-state index in [1.54, 1.807) is 7.11 Å². The van der Waals surface area contributed by atoms with Gasteiger partial charge in [-0.2, -0.15) is 0 Å². The predicted octanol–water partition coefficient (Wildman–Crippen LogP) is 4.83. The third-order valence-corrected chi connectivity index (χ3v) is 5.52. The molecule has 4 rings (SSSR count). The zero-order chi connectivity index (χ0) is 23.0. The summed E-state index contributed by atoms with van der Waals surface area (Å²) in [5.41, 5.74) is 5.26. The van der Waals surface area contributed by atoms with Gasteiger partial charge in [0.15, 0.2) is 18.1 Å². The molecule has 0 fully saturated rings. The molecule has 1 aromatic heterocycles. The van der Waals surface area contributed by atoms with Crippen LogP contribution >= 0.6 is 0 Å². The number of carbonyl (C=O) groups is 1. The smallest absolute Gasteiger partial charge is 0.262 e. The molecule has 1 heterocycles. The Morgan fingerprint density at radius 3 is 2.61 bits per heavy atom. The van der Waals surface area contributed by atoms with E-state index in [-0.39, 0.29) is 12.5 Å². The summed E-state index contributed by atoms with van der Waals surface area (Å²) in [6.45, 7) is 3.32. The number of ether oxygens (including phenoxy) is 2.